The van der Waals surface area contributed by atoms with E-state index in [1.54, 1.807) is 19.1 Å². The van der Waals surface area contributed by atoms with Crippen LogP contribution in [0.25, 0.3) is 0 Å². The first-order chi connectivity index (χ1) is 9.46. The second-order valence-electron chi connectivity index (χ2n) is 4.31. The first-order valence-corrected chi connectivity index (χ1v) is 7.97. The van der Waals surface area contributed by atoms with Crippen molar-refractivity contribution in [3.8, 4) is 0 Å². The lowest BCUT2D eigenvalue weighted by Gasteiger charge is -2.23. The van der Waals surface area contributed by atoms with Crippen LogP contribution in [0.1, 0.15) is 12.5 Å². The van der Waals surface area contributed by atoms with Gasteiger partial charge in [-0.05, 0) is 32.0 Å². The molecule has 0 saturated heterocycles. The smallest absolute Gasteiger partial charge is 0.267 e. The number of anilines is 1. The molecule has 2 rings (SSSR count). The van der Waals surface area contributed by atoms with E-state index in [1.165, 1.54) is 22.8 Å². The molecule has 0 aliphatic rings. The van der Waals surface area contributed by atoms with E-state index in [0.29, 0.717) is 12.2 Å². The van der Waals surface area contributed by atoms with Crippen molar-refractivity contribution >= 4 is 27.3 Å². The summed E-state index contributed by atoms with van der Waals surface area (Å²) in [6.07, 6.45) is 2.73. The summed E-state index contributed by atoms with van der Waals surface area (Å²) in [4.78, 5) is 3.86. The normalized spacial score (nSPS) is 11.3. The molecule has 4 nitrogen and oxygen atoms in total. The lowest BCUT2D eigenvalue weighted by atomic mass is 10.2. The molecular weight excluding hydrogens is 296 g/mol. The van der Waals surface area contributed by atoms with Crippen molar-refractivity contribution in [1.29, 1.82) is 0 Å². The van der Waals surface area contributed by atoms with E-state index in [1.807, 2.05) is 19.1 Å². The fourth-order valence-electron chi connectivity index (χ4n) is 1.87. The molecule has 0 unspecified atom stereocenters. The summed E-state index contributed by atoms with van der Waals surface area (Å²) in [6.45, 7) is 4.05. The molecule has 0 aliphatic heterocycles. The maximum absolute atomic E-state index is 12.7. The molecule has 2 aromatic rings. The molecule has 0 amide bonds. The van der Waals surface area contributed by atoms with Crippen LogP contribution in [-0.4, -0.2) is 19.9 Å². The van der Waals surface area contributed by atoms with Gasteiger partial charge < -0.3 is 0 Å². The Balaban J connectivity index is 2.51. The van der Waals surface area contributed by atoms with E-state index < -0.39 is 10.0 Å². The van der Waals surface area contributed by atoms with Gasteiger partial charge in [0.1, 0.15) is 4.90 Å². The maximum atomic E-state index is 12.7. The van der Waals surface area contributed by atoms with Crippen molar-refractivity contribution in [2.75, 3.05) is 10.8 Å². The predicted molar refractivity (Wildman–Crippen MR) is 80.6 cm³/mol. The molecule has 0 aliphatic carbocycles. The molecule has 0 atom stereocenters. The lowest BCUT2D eigenvalue weighted by Crippen LogP contribution is -2.31. The molecule has 20 heavy (non-hydrogen) atoms. The molecule has 6 heteroatoms. The minimum absolute atomic E-state index is 0.0177. The van der Waals surface area contributed by atoms with Crippen LogP contribution in [0.15, 0.2) is 47.6 Å². The van der Waals surface area contributed by atoms with Crippen molar-refractivity contribution in [2.45, 2.75) is 18.7 Å². The monoisotopic (exact) mass is 310 g/mol. The number of aryl methyl sites for hydroxylation is 1. The third-order valence-electron chi connectivity index (χ3n) is 2.91. The van der Waals surface area contributed by atoms with Crippen LogP contribution in [0.3, 0.4) is 0 Å². The summed E-state index contributed by atoms with van der Waals surface area (Å²) in [5.74, 6) is 0. The summed E-state index contributed by atoms with van der Waals surface area (Å²) in [5, 5.41) is 0.172. The minimum Gasteiger partial charge on any atom is -0.267 e. The van der Waals surface area contributed by atoms with Gasteiger partial charge in [-0.25, -0.2) is 8.42 Å². The number of aromatic nitrogens is 1. The number of rotatable bonds is 4. The quantitative estimate of drug-likeness (QED) is 0.871. The highest BCUT2D eigenvalue weighted by atomic mass is 35.5. The molecule has 1 aromatic carbocycles. The zero-order valence-electron chi connectivity index (χ0n) is 11.2. The van der Waals surface area contributed by atoms with Crippen LogP contribution >= 0.6 is 11.6 Å². The van der Waals surface area contributed by atoms with Crippen LogP contribution < -0.4 is 4.31 Å². The average molecular weight is 311 g/mol. The first kappa shape index (κ1) is 14.8. The van der Waals surface area contributed by atoms with Gasteiger partial charge in [-0.2, -0.15) is 0 Å². The molecule has 0 saturated carbocycles. The number of halogens is 1. The van der Waals surface area contributed by atoms with E-state index >= 15 is 0 Å². The minimum atomic E-state index is -3.71. The largest absolute Gasteiger partial charge is 0.267 e. The number of pyridine rings is 1. The Morgan fingerprint density at radius 2 is 1.85 bits per heavy atom. The second-order valence-corrected chi connectivity index (χ2v) is 6.55. The summed E-state index contributed by atoms with van der Waals surface area (Å²) in [5.41, 5.74) is 1.68. The predicted octanol–water partition coefficient (Wildman–Crippen LogP) is 3.26. The Labute approximate surface area is 124 Å². The van der Waals surface area contributed by atoms with Crippen molar-refractivity contribution in [3.63, 3.8) is 0 Å². The number of sulfonamides is 1. The Morgan fingerprint density at radius 3 is 2.40 bits per heavy atom. The summed E-state index contributed by atoms with van der Waals surface area (Å²) in [6, 6.07) is 8.77. The molecule has 0 fully saturated rings. The third-order valence-corrected chi connectivity index (χ3v) is 5.28. The first-order valence-electron chi connectivity index (χ1n) is 6.15. The van der Waals surface area contributed by atoms with E-state index in [4.69, 9.17) is 11.6 Å². The summed E-state index contributed by atoms with van der Waals surface area (Å²) >= 11 is 5.98. The van der Waals surface area contributed by atoms with Gasteiger partial charge in [0.25, 0.3) is 10.0 Å². The number of hydrogen-bond acceptors (Lipinski definition) is 3. The SMILES string of the molecule is CCN(c1ccc(C)cc1)S(=O)(=O)c1cnccc1Cl. The zero-order chi connectivity index (χ0) is 14.8. The molecule has 106 valence electrons. The van der Waals surface area contributed by atoms with Crippen LogP contribution in [0.5, 0.6) is 0 Å². The fourth-order valence-corrected chi connectivity index (χ4v) is 3.76. The van der Waals surface area contributed by atoms with E-state index in [9.17, 15) is 8.42 Å². The second kappa shape index (κ2) is 5.81. The number of benzene rings is 1. The van der Waals surface area contributed by atoms with Crippen molar-refractivity contribution in [1.82, 2.24) is 4.98 Å². The van der Waals surface area contributed by atoms with Crippen molar-refractivity contribution < 1.29 is 8.42 Å². The van der Waals surface area contributed by atoms with Gasteiger partial charge in [-0.1, -0.05) is 29.3 Å². The molecule has 1 heterocycles. The molecule has 0 radical (unpaired) electrons. The van der Waals surface area contributed by atoms with Crippen LogP contribution in [0.2, 0.25) is 5.02 Å². The Hall–Kier alpha value is -1.59. The van der Waals surface area contributed by atoms with Crippen LogP contribution in [-0.2, 0) is 10.0 Å². The van der Waals surface area contributed by atoms with Crippen molar-refractivity contribution in [3.05, 3.63) is 53.3 Å². The van der Waals surface area contributed by atoms with Gasteiger partial charge >= 0.3 is 0 Å². The summed E-state index contributed by atoms with van der Waals surface area (Å²) in [7, 11) is -3.71. The molecule has 0 bridgehead atoms. The lowest BCUT2D eigenvalue weighted by molar-refractivity contribution is 0.591. The zero-order valence-corrected chi connectivity index (χ0v) is 12.8. The fraction of sp³-hybridized carbons (Fsp3) is 0.214. The van der Waals surface area contributed by atoms with Gasteiger partial charge in [0.15, 0.2) is 0 Å². The van der Waals surface area contributed by atoms with Crippen LogP contribution in [0.4, 0.5) is 5.69 Å². The molecule has 0 N–H and O–H groups in total. The van der Waals surface area contributed by atoms with Gasteiger partial charge in [-0.15, -0.1) is 0 Å². The van der Waals surface area contributed by atoms with Gasteiger partial charge in [0.05, 0.1) is 10.7 Å². The Bertz CT molecular complexity index is 699. The van der Waals surface area contributed by atoms with Crippen molar-refractivity contribution in [2.24, 2.45) is 0 Å². The average Bonchev–Trinajstić information content (AvgIpc) is 2.42. The number of hydrogen-bond donors (Lipinski definition) is 0. The highest BCUT2D eigenvalue weighted by Crippen LogP contribution is 2.27. The maximum Gasteiger partial charge on any atom is 0.267 e. The number of nitrogens with zero attached hydrogens (tertiary/aromatic N) is 2. The van der Waals surface area contributed by atoms with Crippen LogP contribution in [0, 0.1) is 6.92 Å². The Kier molecular flexibility index (Phi) is 4.30. The standard InChI is InChI=1S/C14H15ClN2O2S/c1-3-17(12-6-4-11(2)5-7-12)20(18,19)14-10-16-9-8-13(14)15/h4-10H,3H2,1-2H3. The van der Waals surface area contributed by atoms with E-state index in [2.05, 4.69) is 4.98 Å². The van der Waals surface area contributed by atoms with E-state index in [0.717, 1.165) is 5.56 Å². The topological polar surface area (TPSA) is 50.3 Å². The molecule has 1 aromatic heterocycles. The highest BCUT2D eigenvalue weighted by molar-refractivity contribution is 7.93. The van der Waals surface area contributed by atoms with E-state index in [-0.39, 0.29) is 9.92 Å². The summed E-state index contributed by atoms with van der Waals surface area (Å²) < 4.78 is 26.7. The third kappa shape index (κ3) is 2.78. The molecule has 0 spiro atoms. The molecular formula is C14H15ClN2O2S. The Morgan fingerprint density at radius 1 is 1.20 bits per heavy atom. The van der Waals surface area contributed by atoms with Gasteiger partial charge in [0.2, 0.25) is 0 Å². The highest BCUT2D eigenvalue weighted by Gasteiger charge is 2.26. The van der Waals surface area contributed by atoms with Gasteiger partial charge in [-0.3, -0.25) is 9.29 Å². The van der Waals surface area contributed by atoms with Gasteiger partial charge in [0, 0.05) is 18.9 Å².